The van der Waals surface area contributed by atoms with Gasteiger partial charge in [-0.05, 0) is 36.2 Å². The molecule has 2 spiro atoms. The van der Waals surface area contributed by atoms with Gasteiger partial charge in [-0.1, -0.05) is 18.2 Å². The summed E-state index contributed by atoms with van der Waals surface area (Å²) in [5.41, 5.74) is 1.59. The standard InChI is InChI=1S/C24H17F3N2O4/c25-24(26,27)20-6-5-14(33-20)12-29-17-4-2-1-3-16(17)22(23(29)13-32-23)8-9-28-19(22)11-18-15(21(28)30)7-10-31-18/h1-7,10-11H,8-9,12-13H2. The van der Waals surface area contributed by atoms with Crippen LogP contribution in [0, 0.1) is 0 Å². The predicted molar refractivity (Wildman–Crippen MR) is 111 cm³/mol. The number of aromatic nitrogens is 1. The molecule has 0 saturated carbocycles. The molecule has 0 amide bonds. The topological polar surface area (TPSA) is 64.0 Å². The highest BCUT2D eigenvalue weighted by molar-refractivity contribution is 5.79. The molecular weight excluding hydrogens is 437 g/mol. The van der Waals surface area contributed by atoms with E-state index in [4.69, 9.17) is 13.6 Å². The summed E-state index contributed by atoms with van der Waals surface area (Å²) in [6.07, 6.45) is -2.41. The second-order valence-electron chi connectivity index (χ2n) is 8.78. The van der Waals surface area contributed by atoms with E-state index < -0.39 is 23.1 Å². The summed E-state index contributed by atoms with van der Waals surface area (Å²) in [7, 11) is 0. The molecule has 2 atom stereocenters. The minimum Gasteiger partial charge on any atom is -0.464 e. The molecule has 6 heterocycles. The smallest absolute Gasteiger partial charge is 0.449 e. The number of fused-ring (bicyclic) bond motifs is 6. The summed E-state index contributed by atoms with van der Waals surface area (Å²) in [5, 5.41) is 0.528. The number of rotatable bonds is 2. The molecule has 0 radical (unpaired) electrons. The fourth-order valence-electron chi connectivity index (χ4n) is 5.88. The van der Waals surface area contributed by atoms with Crippen molar-refractivity contribution in [3.63, 3.8) is 0 Å². The number of para-hydroxylation sites is 1. The van der Waals surface area contributed by atoms with Gasteiger partial charge in [0, 0.05) is 24.0 Å². The molecule has 1 saturated heterocycles. The number of pyridine rings is 1. The maximum Gasteiger partial charge on any atom is 0.449 e. The summed E-state index contributed by atoms with van der Waals surface area (Å²) in [4.78, 5) is 15.1. The number of nitrogens with zero attached hydrogens (tertiary/aromatic N) is 2. The summed E-state index contributed by atoms with van der Waals surface area (Å²) < 4.78 is 57.9. The molecule has 7 rings (SSSR count). The highest BCUT2D eigenvalue weighted by Gasteiger charge is 2.73. The van der Waals surface area contributed by atoms with Crippen molar-refractivity contribution < 1.29 is 26.7 Å². The molecule has 33 heavy (non-hydrogen) atoms. The summed E-state index contributed by atoms with van der Waals surface area (Å²) in [5.74, 6) is -0.829. The van der Waals surface area contributed by atoms with Gasteiger partial charge in [-0.3, -0.25) is 4.79 Å². The largest absolute Gasteiger partial charge is 0.464 e. The third-order valence-electron chi connectivity index (χ3n) is 7.31. The molecule has 1 aromatic carbocycles. The van der Waals surface area contributed by atoms with E-state index in [0.29, 0.717) is 30.5 Å². The van der Waals surface area contributed by atoms with E-state index in [1.807, 2.05) is 35.2 Å². The fraction of sp³-hybridized carbons (Fsp3) is 0.292. The van der Waals surface area contributed by atoms with Crippen molar-refractivity contribution in [1.82, 2.24) is 4.57 Å². The number of hydrogen-bond acceptors (Lipinski definition) is 5. The van der Waals surface area contributed by atoms with Gasteiger partial charge in [0.05, 0.1) is 30.2 Å². The number of epoxide rings is 1. The zero-order valence-corrected chi connectivity index (χ0v) is 17.2. The Kier molecular flexibility index (Phi) is 3.41. The molecule has 6 nitrogen and oxygen atoms in total. The molecule has 3 aliphatic rings. The maximum atomic E-state index is 13.2. The van der Waals surface area contributed by atoms with E-state index >= 15 is 0 Å². The number of benzene rings is 1. The Bertz CT molecular complexity index is 1490. The third-order valence-corrected chi connectivity index (χ3v) is 7.31. The first-order chi connectivity index (χ1) is 15.8. The molecule has 9 heteroatoms. The molecule has 4 aromatic rings. The monoisotopic (exact) mass is 454 g/mol. The lowest BCUT2D eigenvalue weighted by Gasteiger charge is -2.34. The quantitative estimate of drug-likeness (QED) is 0.413. The molecule has 0 bridgehead atoms. The van der Waals surface area contributed by atoms with Crippen molar-refractivity contribution in [2.45, 2.75) is 36.8 Å². The van der Waals surface area contributed by atoms with Gasteiger partial charge in [0.25, 0.3) is 5.56 Å². The molecule has 2 unspecified atom stereocenters. The lowest BCUT2D eigenvalue weighted by atomic mass is 9.72. The Labute approximate surface area is 184 Å². The Morgan fingerprint density at radius 3 is 2.67 bits per heavy atom. The van der Waals surface area contributed by atoms with Crippen molar-refractivity contribution in [2.24, 2.45) is 0 Å². The van der Waals surface area contributed by atoms with Gasteiger partial charge in [-0.15, -0.1) is 0 Å². The SMILES string of the molecule is O=c1c2ccoc2cc2n1CCC21c2ccccc2N(Cc2ccc(C(F)(F)F)o2)C12CO2. The van der Waals surface area contributed by atoms with Crippen LogP contribution in [0.1, 0.15) is 29.2 Å². The lowest BCUT2D eigenvalue weighted by Crippen LogP contribution is -2.48. The second kappa shape index (κ2) is 5.91. The maximum absolute atomic E-state index is 13.2. The molecule has 168 valence electrons. The summed E-state index contributed by atoms with van der Waals surface area (Å²) >= 11 is 0. The van der Waals surface area contributed by atoms with Crippen LogP contribution in [0.25, 0.3) is 11.0 Å². The van der Waals surface area contributed by atoms with Gasteiger partial charge in [0.1, 0.15) is 11.3 Å². The zero-order chi connectivity index (χ0) is 22.6. The van der Waals surface area contributed by atoms with E-state index in [0.717, 1.165) is 23.0 Å². The first-order valence-corrected chi connectivity index (χ1v) is 10.6. The first-order valence-electron chi connectivity index (χ1n) is 10.6. The zero-order valence-electron chi connectivity index (χ0n) is 17.2. The summed E-state index contributed by atoms with van der Waals surface area (Å²) in [6, 6.07) is 13.6. The molecule has 0 N–H and O–H groups in total. The van der Waals surface area contributed by atoms with E-state index in [2.05, 4.69) is 0 Å². The Hall–Kier alpha value is -3.46. The van der Waals surface area contributed by atoms with Gasteiger partial charge in [-0.2, -0.15) is 13.2 Å². The Morgan fingerprint density at radius 1 is 1.09 bits per heavy atom. The fourth-order valence-corrected chi connectivity index (χ4v) is 5.88. The minimum absolute atomic E-state index is 0.110. The van der Waals surface area contributed by atoms with Crippen molar-refractivity contribution in [3.05, 3.63) is 87.9 Å². The average Bonchev–Trinajstić information content (AvgIpc) is 3.17. The van der Waals surface area contributed by atoms with E-state index in [1.54, 1.807) is 10.6 Å². The van der Waals surface area contributed by atoms with Gasteiger partial charge in [0.2, 0.25) is 5.76 Å². The van der Waals surface area contributed by atoms with Gasteiger partial charge < -0.3 is 23.0 Å². The molecular formula is C24H17F3N2O4. The van der Waals surface area contributed by atoms with Crippen LogP contribution in [-0.2, 0) is 29.4 Å². The number of anilines is 1. The van der Waals surface area contributed by atoms with Crippen molar-refractivity contribution >= 4 is 16.7 Å². The number of halogens is 3. The molecule has 3 aromatic heterocycles. The van der Waals surface area contributed by atoms with Crippen molar-refractivity contribution in [1.29, 1.82) is 0 Å². The van der Waals surface area contributed by atoms with Crippen LogP contribution in [0.3, 0.4) is 0 Å². The van der Waals surface area contributed by atoms with Crippen LogP contribution in [0.5, 0.6) is 0 Å². The predicted octanol–water partition coefficient (Wildman–Crippen LogP) is 4.64. The number of ether oxygens (including phenoxy) is 1. The first kappa shape index (κ1) is 19.0. The van der Waals surface area contributed by atoms with Crippen LogP contribution in [0.15, 0.2) is 68.4 Å². The normalized spacial score (nSPS) is 25.4. The van der Waals surface area contributed by atoms with Gasteiger partial charge >= 0.3 is 6.18 Å². The van der Waals surface area contributed by atoms with Crippen molar-refractivity contribution in [2.75, 3.05) is 11.5 Å². The van der Waals surface area contributed by atoms with Crippen LogP contribution in [0.4, 0.5) is 18.9 Å². The van der Waals surface area contributed by atoms with Gasteiger partial charge in [-0.25, -0.2) is 0 Å². The Balaban J connectivity index is 1.41. The van der Waals surface area contributed by atoms with E-state index in [9.17, 15) is 18.0 Å². The average molecular weight is 454 g/mol. The lowest BCUT2D eigenvalue weighted by molar-refractivity contribution is -0.153. The molecule has 1 fully saturated rings. The van der Waals surface area contributed by atoms with E-state index in [-0.39, 0.29) is 17.9 Å². The van der Waals surface area contributed by atoms with Crippen LogP contribution in [-0.4, -0.2) is 16.9 Å². The van der Waals surface area contributed by atoms with Crippen LogP contribution in [0.2, 0.25) is 0 Å². The highest BCUT2D eigenvalue weighted by atomic mass is 19.4. The highest BCUT2D eigenvalue weighted by Crippen LogP contribution is 2.65. The minimum atomic E-state index is -4.55. The number of furan rings is 2. The van der Waals surface area contributed by atoms with E-state index in [1.165, 1.54) is 12.3 Å². The van der Waals surface area contributed by atoms with Crippen LogP contribution >= 0.6 is 0 Å². The molecule has 3 aliphatic heterocycles. The number of alkyl halides is 3. The third kappa shape index (κ3) is 2.25. The number of hydrogen-bond donors (Lipinski definition) is 0. The van der Waals surface area contributed by atoms with Crippen molar-refractivity contribution in [3.8, 4) is 0 Å². The summed E-state index contributed by atoms with van der Waals surface area (Å²) in [6.45, 7) is 1.02. The molecule has 0 aliphatic carbocycles. The Morgan fingerprint density at radius 2 is 1.91 bits per heavy atom. The van der Waals surface area contributed by atoms with Crippen LogP contribution < -0.4 is 10.5 Å². The second-order valence-corrected chi connectivity index (χ2v) is 8.78. The van der Waals surface area contributed by atoms with Gasteiger partial charge in [0.15, 0.2) is 5.72 Å².